The zero-order valence-corrected chi connectivity index (χ0v) is 53.2. The van der Waals surface area contributed by atoms with Gasteiger partial charge in [-0.2, -0.15) is 0 Å². The maximum atomic E-state index is 10.1. The van der Waals surface area contributed by atoms with Crippen molar-refractivity contribution >= 4 is 104 Å². The van der Waals surface area contributed by atoms with Crippen molar-refractivity contribution in [2.45, 2.75) is 162 Å². The molecule has 0 aliphatic carbocycles. The Labute approximate surface area is 417 Å². The van der Waals surface area contributed by atoms with Crippen LogP contribution in [0, 0.1) is 47.3 Å². The second-order valence-electron chi connectivity index (χ2n) is 17.0. The molecule has 0 heterocycles. The minimum absolute atomic E-state index is 0.877. The molecule has 0 saturated heterocycles. The van der Waals surface area contributed by atoms with Gasteiger partial charge < -0.3 is 40.2 Å². The van der Waals surface area contributed by atoms with Gasteiger partial charge in [0.2, 0.25) is 0 Å². The SMILES string of the molecule is CC(C)CCP.CC(C)CCP.CC(C)CCP.CC(C)CCP.CC(C)CCP.CC(C)CCP.CC(C)CCP.CC(C)CCP.OB(O)F.OB(O)F.OB(O)F.OB(O)F. The van der Waals surface area contributed by atoms with E-state index in [-0.39, 0.29) is 0 Å². The Kier molecular flexibility index (Phi) is 139. The molecule has 24 heteroatoms. The van der Waals surface area contributed by atoms with E-state index < -0.39 is 29.6 Å². The first-order valence-corrected chi connectivity index (χ1v) is 29.2. The first-order valence-electron chi connectivity index (χ1n) is 22.7. The first-order chi connectivity index (χ1) is 29.1. The van der Waals surface area contributed by atoms with E-state index >= 15 is 0 Å². The second-order valence-corrected chi connectivity index (χ2v) is 21.6. The van der Waals surface area contributed by atoms with Gasteiger partial charge in [-0.1, -0.05) is 111 Å². The first kappa shape index (κ1) is 96.6. The maximum absolute atomic E-state index is 10.1. The predicted molar refractivity (Wildman–Crippen MR) is 317 cm³/mol. The molecular formula is C40H112B4F4O8P8. The highest BCUT2D eigenvalue weighted by atomic mass is 31.0. The summed E-state index contributed by atoms with van der Waals surface area (Å²) in [6, 6.07) is 0. The van der Waals surface area contributed by atoms with Gasteiger partial charge in [-0.15, -0.1) is 73.9 Å². The summed E-state index contributed by atoms with van der Waals surface area (Å²) in [4.78, 5) is 0. The van der Waals surface area contributed by atoms with Crippen LogP contribution in [0.15, 0.2) is 0 Å². The summed E-state index contributed by atoms with van der Waals surface area (Å²) >= 11 is 0. The third-order valence-electron chi connectivity index (χ3n) is 5.95. The van der Waals surface area contributed by atoms with Crippen LogP contribution in [0.1, 0.15) is 162 Å². The van der Waals surface area contributed by atoms with Crippen molar-refractivity contribution in [3.8, 4) is 0 Å². The summed E-state index contributed by atoms with van der Waals surface area (Å²) in [6.45, 7) is 35.8. The molecule has 0 aromatic carbocycles. The summed E-state index contributed by atoms with van der Waals surface area (Å²) in [6.07, 6.45) is 20.7. The molecule has 8 N–H and O–H groups in total. The lowest BCUT2D eigenvalue weighted by Crippen LogP contribution is -1.98. The summed E-state index contributed by atoms with van der Waals surface area (Å²) in [5.74, 6) is 7.02. The standard InChI is InChI=1S/8C5H13P.4BFH2O2/c8*1-5(2)3-4-6;4*2-1(3)4/h8*5H,3-4,6H2,1-2H3;4*3-4H. The Morgan fingerprint density at radius 2 is 0.281 bits per heavy atom. The van der Waals surface area contributed by atoms with Crippen LogP contribution in [0.3, 0.4) is 0 Å². The summed E-state index contributed by atoms with van der Waals surface area (Å²) in [5, 5.41) is 55.6. The smallest absolute Gasteiger partial charge is 0.398 e. The van der Waals surface area contributed by atoms with Gasteiger partial charge in [0.25, 0.3) is 0 Å². The molecule has 0 bridgehead atoms. The Morgan fingerprint density at radius 1 is 0.234 bits per heavy atom. The largest absolute Gasteiger partial charge is 0.674 e. The molecule has 400 valence electrons. The molecular weight excluding hydrogens is 975 g/mol. The van der Waals surface area contributed by atoms with Crippen LogP contribution >= 0.6 is 73.9 Å². The van der Waals surface area contributed by atoms with Gasteiger partial charge in [-0.3, -0.25) is 17.3 Å². The van der Waals surface area contributed by atoms with Crippen molar-refractivity contribution in [3.63, 3.8) is 0 Å². The highest BCUT2D eigenvalue weighted by Gasteiger charge is 1.98. The minimum atomic E-state index is -2.67. The zero-order chi connectivity index (χ0) is 54.2. The van der Waals surface area contributed by atoms with Gasteiger partial charge in [0, 0.05) is 0 Å². The van der Waals surface area contributed by atoms with E-state index in [2.05, 4.69) is 185 Å². The molecule has 8 atom stereocenters. The lowest BCUT2D eigenvalue weighted by atomic mass is 10.2. The zero-order valence-electron chi connectivity index (χ0n) is 44.0. The fourth-order valence-electron chi connectivity index (χ4n) is 2.67. The Balaban J connectivity index is -0.0000000463. The molecule has 0 radical (unpaired) electrons. The van der Waals surface area contributed by atoms with Gasteiger partial charge in [0.15, 0.2) is 0 Å². The normalized spacial score (nSPS) is 9.19. The van der Waals surface area contributed by atoms with E-state index in [1.165, 1.54) is 101 Å². The minimum Gasteiger partial charge on any atom is -0.398 e. The van der Waals surface area contributed by atoms with Crippen molar-refractivity contribution in [2.75, 3.05) is 49.3 Å². The fourth-order valence-corrected chi connectivity index (χ4v) is 8.00. The van der Waals surface area contributed by atoms with Crippen molar-refractivity contribution in [1.82, 2.24) is 0 Å². The lowest BCUT2D eigenvalue weighted by Gasteiger charge is -1.95. The van der Waals surface area contributed by atoms with Gasteiger partial charge in [-0.05, 0) is 148 Å². The molecule has 64 heavy (non-hydrogen) atoms. The quantitative estimate of drug-likeness (QED) is 0.0431. The van der Waals surface area contributed by atoms with Crippen LogP contribution < -0.4 is 0 Å². The molecule has 8 unspecified atom stereocenters. The topological polar surface area (TPSA) is 162 Å². The highest BCUT2D eigenvalue weighted by Crippen LogP contribution is 2.04. The molecule has 0 fully saturated rings. The maximum Gasteiger partial charge on any atom is 0.674 e. The van der Waals surface area contributed by atoms with E-state index in [0.29, 0.717) is 0 Å². The Bertz CT molecular complexity index is 521. The van der Waals surface area contributed by atoms with E-state index in [0.717, 1.165) is 47.3 Å². The van der Waals surface area contributed by atoms with Gasteiger partial charge in [0.05, 0.1) is 0 Å². The summed E-state index contributed by atoms with van der Waals surface area (Å²) in [5.41, 5.74) is 0. The van der Waals surface area contributed by atoms with Crippen molar-refractivity contribution in [2.24, 2.45) is 47.3 Å². The summed E-state index contributed by atoms with van der Waals surface area (Å²) in [7, 11) is 11.1. The van der Waals surface area contributed by atoms with Gasteiger partial charge in [0.1, 0.15) is 0 Å². The third-order valence-corrected chi connectivity index (χ3v) is 8.62. The number of hydrogen-bond acceptors (Lipinski definition) is 8. The van der Waals surface area contributed by atoms with E-state index in [4.69, 9.17) is 40.2 Å². The average molecular weight is 1090 g/mol. The van der Waals surface area contributed by atoms with Crippen LogP contribution in [0.2, 0.25) is 0 Å². The predicted octanol–water partition coefficient (Wildman–Crippen LogP) is 11.0. The van der Waals surface area contributed by atoms with E-state index in [9.17, 15) is 17.3 Å². The van der Waals surface area contributed by atoms with Crippen LogP contribution in [0.4, 0.5) is 17.3 Å². The molecule has 0 amide bonds. The number of rotatable bonds is 16. The summed E-state index contributed by atoms with van der Waals surface area (Å²) < 4.78 is 40.4. The lowest BCUT2D eigenvalue weighted by molar-refractivity contribution is 0.338. The van der Waals surface area contributed by atoms with Gasteiger partial charge in [-0.25, -0.2) is 0 Å². The highest BCUT2D eigenvalue weighted by molar-refractivity contribution is 7.17. The third kappa shape index (κ3) is 364. The molecule has 8 nitrogen and oxygen atoms in total. The van der Waals surface area contributed by atoms with Gasteiger partial charge >= 0.3 is 29.6 Å². The number of hydrogen-bond donors (Lipinski definition) is 8. The molecule has 0 saturated carbocycles. The van der Waals surface area contributed by atoms with E-state index in [1.807, 2.05) is 0 Å². The monoisotopic (exact) mass is 1090 g/mol. The average Bonchev–Trinajstić information content (AvgIpc) is 3.05. The number of halogens is 4. The Morgan fingerprint density at radius 3 is 0.281 bits per heavy atom. The molecule has 0 spiro atoms. The van der Waals surface area contributed by atoms with Crippen LogP contribution in [-0.2, 0) is 0 Å². The fraction of sp³-hybridized carbons (Fsp3) is 1.00. The van der Waals surface area contributed by atoms with Crippen LogP contribution in [0.25, 0.3) is 0 Å². The molecule has 0 aromatic heterocycles. The molecule has 0 rings (SSSR count). The molecule has 0 aliphatic rings. The Hall–Kier alpha value is 3.10. The van der Waals surface area contributed by atoms with E-state index in [1.54, 1.807) is 0 Å². The van der Waals surface area contributed by atoms with Crippen LogP contribution in [-0.4, -0.2) is 119 Å². The molecule has 0 aliphatic heterocycles. The second kappa shape index (κ2) is 92.3. The van der Waals surface area contributed by atoms with Crippen LogP contribution in [0.5, 0.6) is 0 Å². The van der Waals surface area contributed by atoms with Crippen molar-refractivity contribution in [1.29, 1.82) is 0 Å². The molecule has 0 aromatic rings. The van der Waals surface area contributed by atoms with Crippen molar-refractivity contribution in [3.05, 3.63) is 0 Å². The van der Waals surface area contributed by atoms with Crippen molar-refractivity contribution < 1.29 is 57.5 Å².